The van der Waals surface area contributed by atoms with Crippen molar-refractivity contribution in [1.82, 2.24) is 9.97 Å². The Morgan fingerprint density at radius 3 is 2.86 bits per heavy atom. The van der Waals surface area contributed by atoms with Gasteiger partial charge in [-0.15, -0.1) is 0 Å². The summed E-state index contributed by atoms with van der Waals surface area (Å²) in [6.07, 6.45) is 1.00. The molecule has 0 bridgehead atoms. The number of anilines is 1. The first-order valence-corrected chi connectivity index (χ1v) is 7.07. The van der Waals surface area contributed by atoms with E-state index in [-0.39, 0.29) is 5.56 Å². The van der Waals surface area contributed by atoms with Gasteiger partial charge in [-0.1, -0.05) is 31.2 Å². The first-order chi connectivity index (χ1) is 10.3. The van der Waals surface area contributed by atoms with Crippen LogP contribution in [0, 0.1) is 0 Å². The van der Waals surface area contributed by atoms with E-state index in [1.807, 2.05) is 30.3 Å². The smallest absolute Gasteiger partial charge is 0.258 e. The van der Waals surface area contributed by atoms with E-state index in [0.29, 0.717) is 17.8 Å². The summed E-state index contributed by atoms with van der Waals surface area (Å²) >= 11 is 0. The summed E-state index contributed by atoms with van der Waals surface area (Å²) in [5, 5.41) is 3.91. The average Bonchev–Trinajstić information content (AvgIpc) is 2.53. The van der Waals surface area contributed by atoms with Gasteiger partial charge in [0.25, 0.3) is 5.56 Å². The molecule has 2 N–H and O–H groups in total. The van der Waals surface area contributed by atoms with Crippen LogP contribution in [0.3, 0.4) is 0 Å². The third kappa shape index (κ3) is 2.94. The number of nitrogens with one attached hydrogen (secondary N) is 2. The molecule has 0 radical (unpaired) electrons. The quantitative estimate of drug-likeness (QED) is 0.771. The van der Waals surface area contributed by atoms with Gasteiger partial charge < -0.3 is 10.3 Å². The fourth-order valence-corrected chi connectivity index (χ4v) is 2.31. The number of rotatable bonds is 4. The van der Waals surface area contributed by atoms with Crippen molar-refractivity contribution in [2.75, 3.05) is 5.32 Å². The number of fused-ring (bicyclic) bond motifs is 1. The van der Waals surface area contributed by atoms with Crippen molar-refractivity contribution in [2.24, 2.45) is 0 Å². The van der Waals surface area contributed by atoms with Crippen LogP contribution < -0.4 is 10.9 Å². The maximum absolute atomic E-state index is 12.0. The molecule has 0 saturated heterocycles. The summed E-state index contributed by atoms with van der Waals surface area (Å²) in [5.41, 5.74) is 2.94. The van der Waals surface area contributed by atoms with Crippen LogP contribution in [0.1, 0.15) is 18.3 Å². The van der Waals surface area contributed by atoms with Gasteiger partial charge in [0.1, 0.15) is 5.82 Å². The minimum Gasteiger partial charge on any atom is -0.378 e. The van der Waals surface area contributed by atoms with Crippen molar-refractivity contribution >= 4 is 16.6 Å². The van der Waals surface area contributed by atoms with Gasteiger partial charge >= 0.3 is 0 Å². The molecule has 1 aromatic heterocycles. The van der Waals surface area contributed by atoms with E-state index < -0.39 is 0 Å². The summed E-state index contributed by atoms with van der Waals surface area (Å²) in [5.74, 6) is 0.639. The number of aryl methyl sites for hydroxylation is 1. The van der Waals surface area contributed by atoms with Crippen LogP contribution >= 0.6 is 0 Å². The van der Waals surface area contributed by atoms with E-state index in [1.165, 1.54) is 5.56 Å². The molecule has 0 spiro atoms. The van der Waals surface area contributed by atoms with Crippen LogP contribution in [-0.2, 0) is 13.0 Å². The van der Waals surface area contributed by atoms with Gasteiger partial charge in [0.2, 0.25) is 0 Å². The van der Waals surface area contributed by atoms with E-state index in [9.17, 15) is 4.79 Å². The first kappa shape index (κ1) is 13.4. The molecule has 4 heteroatoms. The number of H-pyrrole nitrogens is 1. The predicted molar refractivity (Wildman–Crippen MR) is 85.5 cm³/mol. The Labute approximate surface area is 122 Å². The van der Waals surface area contributed by atoms with Crippen LogP contribution in [0.4, 0.5) is 5.69 Å². The Morgan fingerprint density at radius 1 is 1.14 bits per heavy atom. The number of aromatic amines is 1. The summed E-state index contributed by atoms with van der Waals surface area (Å²) in [4.78, 5) is 19.3. The predicted octanol–water partition coefficient (Wildman–Crippen LogP) is 3.10. The molecule has 106 valence electrons. The Hall–Kier alpha value is -2.62. The molecule has 0 aliphatic rings. The molecule has 0 atom stereocenters. The van der Waals surface area contributed by atoms with Crippen molar-refractivity contribution in [3.8, 4) is 0 Å². The highest BCUT2D eigenvalue weighted by Gasteiger charge is 2.03. The van der Waals surface area contributed by atoms with Crippen LogP contribution in [0.2, 0.25) is 0 Å². The molecule has 0 fully saturated rings. The topological polar surface area (TPSA) is 57.8 Å². The molecule has 1 heterocycles. The fraction of sp³-hybridized carbons (Fsp3) is 0.176. The monoisotopic (exact) mass is 279 g/mol. The van der Waals surface area contributed by atoms with Gasteiger partial charge in [0.15, 0.2) is 0 Å². The molecule has 0 unspecified atom stereocenters. The highest BCUT2D eigenvalue weighted by molar-refractivity contribution is 5.77. The van der Waals surface area contributed by atoms with Gasteiger partial charge in [0, 0.05) is 5.69 Å². The average molecular weight is 279 g/mol. The minimum atomic E-state index is -0.0975. The van der Waals surface area contributed by atoms with Crippen LogP contribution in [-0.4, -0.2) is 9.97 Å². The van der Waals surface area contributed by atoms with E-state index in [2.05, 4.69) is 34.3 Å². The lowest BCUT2D eigenvalue weighted by molar-refractivity contribution is 0.952. The lowest BCUT2D eigenvalue weighted by Crippen LogP contribution is -2.14. The number of aromatic nitrogens is 2. The number of hydrogen-bond acceptors (Lipinski definition) is 3. The molecule has 3 rings (SSSR count). The molecule has 21 heavy (non-hydrogen) atoms. The minimum absolute atomic E-state index is 0.0975. The number of nitrogens with zero attached hydrogens (tertiary/aromatic N) is 1. The molecule has 0 amide bonds. The highest BCUT2D eigenvalue weighted by atomic mass is 16.1. The number of benzene rings is 2. The molecular formula is C17H17N3O. The molecule has 3 aromatic rings. The zero-order valence-corrected chi connectivity index (χ0v) is 11.9. The number of para-hydroxylation sites is 1. The molecule has 0 saturated carbocycles. The standard InChI is InChI=1S/C17H17N3O/c1-2-12-6-5-7-13(10-12)18-11-16-19-15-9-4-3-8-14(15)17(21)20-16/h3-10,18H,2,11H2,1H3,(H,19,20,21). The first-order valence-electron chi connectivity index (χ1n) is 7.07. The highest BCUT2D eigenvalue weighted by Crippen LogP contribution is 2.12. The largest absolute Gasteiger partial charge is 0.378 e. The Morgan fingerprint density at radius 2 is 2.00 bits per heavy atom. The fourth-order valence-electron chi connectivity index (χ4n) is 2.31. The van der Waals surface area contributed by atoms with Gasteiger partial charge in [-0.05, 0) is 36.2 Å². The summed E-state index contributed by atoms with van der Waals surface area (Å²) in [7, 11) is 0. The zero-order valence-electron chi connectivity index (χ0n) is 11.9. The third-order valence-corrected chi connectivity index (χ3v) is 3.46. The lowest BCUT2D eigenvalue weighted by Gasteiger charge is -2.08. The SMILES string of the molecule is CCc1cccc(NCc2nc3ccccc3c(=O)[nH]2)c1. The molecule has 4 nitrogen and oxygen atoms in total. The maximum atomic E-state index is 12.0. The van der Waals surface area contributed by atoms with E-state index in [0.717, 1.165) is 17.6 Å². The summed E-state index contributed by atoms with van der Waals surface area (Å²) < 4.78 is 0. The molecular weight excluding hydrogens is 262 g/mol. The second kappa shape index (κ2) is 5.79. The molecule has 0 aliphatic heterocycles. The Bertz CT molecular complexity index is 823. The zero-order chi connectivity index (χ0) is 14.7. The second-order valence-corrected chi connectivity index (χ2v) is 4.94. The Balaban J connectivity index is 1.83. The van der Waals surface area contributed by atoms with Gasteiger partial charge in [-0.3, -0.25) is 4.79 Å². The van der Waals surface area contributed by atoms with E-state index >= 15 is 0 Å². The molecule has 0 aliphatic carbocycles. The van der Waals surface area contributed by atoms with Crippen LogP contribution in [0.5, 0.6) is 0 Å². The third-order valence-electron chi connectivity index (χ3n) is 3.46. The van der Waals surface area contributed by atoms with Gasteiger partial charge in [0.05, 0.1) is 17.4 Å². The summed E-state index contributed by atoms with van der Waals surface area (Å²) in [6, 6.07) is 15.6. The van der Waals surface area contributed by atoms with Crippen molar-refractivity contribution in [1.29, 1.82) is 0 Å². The van der Waals surface area contributed by atoms with Crippen molar-refractivity contribution in [2.45, 2.75) is 19.9 Å². The lowest BCUT2D eigenvalue weighted by atomic mass is 10.1. The number of hydrogen-bond donors (Lipinski definition) is 2. The van der Waals surface area contributed by atoms with E-state index in [4.69, 9.17) is 0 Å². The van der Waals surface area contributed by atoms with Crippen molar-refractivity contribution < 1.29 is 0 Å². The van der Waals surface area contributed by atoms with Crippen LogP contribution in [0.15, 0.2) is 53.3 Å². The summed E-state index contributed by atoms with van der Waals surface area (Å²) in [6.45, 7) is 2.62. The normalized spacial score (nSPS) is 10.7. The van der Waals surface area contributed by atoms with Crippen molar-refractivity contribution in [3.05, 3.63) is 70.3 Å². The van der Waals surface area contributed by atoms with Crippen LogP contribution in [0.25, 0.3) is 10.9 Å². The molecule has 2 aromatic carbocycles. The van der Waals surface area contributed by atoms with Gasteiger partial charge in [-0.25, -0.2) is 4.98 Å². The van der Waals surface area contributed by atoms with Crippen molar-refractivity contribution in [3.63, 3.8) is 0 Å². The Kier molecular flexibility index (Phi) is 3.69. The second-order valence-electron chi connectivity index (χ2n) is 4.94. The maximum Gasteiger partial charge on any atom is 0.258 e. The van der Waals surface area contributed by atoms with Gasteiger partial charge in [-0.2, -0.15) is 0 Å². The van der Waals surface area contributed by atoms with E-state index in [1.54, 1.807) is 6.07 Å².